The highest BCUT2D eigenvalue weighted by atomic mass is 16.5. The number of benzene rings is 1. The lowest BCUT2D eigenvalue weighted by molar-refractivity contribution is 0.148. The Balaban J connectivity index is 1.52. The summed E-state index contributed by atoms with van der Waals surface area (Å²) < 4.78 is 16.5. The van der Waals surface area contributed by atoms with Crippen LogP contribution in [0.5, 0.6) is 17.2 Å². The van der Waals surface area contributed by atoms with Crippen molar-refractivity contribution in [3.63, 3.8) is 0 Å². The number of aryl methyl sites for hydroxylation is 1. The standard InChI is InChI=1S/C22H29N3O4/c1-14-23-20-16(21(26)24-14)7-8-22(20)9-11-25(12-10-22)13-15-5-6-17(27-2)19(29-4)18(15)28-3/h5-6H,7-13H2,1-4H3,(H,23,24,26). The molecule has 1 aliphatic heterocycles. The summed E-state index contributed by atoms with van der Waals surface area (Å²) in [5.74, 6) is 2.74. The number of rotatable bonds is 5. The fourth-order valence-corrected chi connectivity index (χ4v) is 4.92. The van der Waals surface area contributed by atoms with E-state index >= 15 is 0 Å². The molecule has 29 heavy (non-hydrogen) atoms. The predicted octanol–water partition coefficient (Wildman–Crippen LogP) is 2.58. The van der Waals surface area contributed by atoms with Gasteiger partial charge in [0.2, 0.25) is 5.75 Å². The van der Waals surface area contributed by atoms with Crippen LogP contribution in [0.4, 0.5) is 0 Å². The van der Waals surface area contributed by atoms with Gasteiger partial charge in [-0.3, -0.25) is 9.69 Å². The minimum Gasteiger partial charge on any atom is -0.493 e. The van der Waals surface area contributed by atoms with Crippen molar-refractivity contribution in [2.45, 2.75) is 44.6 Å². The number of ether oxygens (including phenoxy) is 3. The third-order valence-corrected chi connectivity index (χ3v) is 6.48. The van der Waals surface area contributed by atoms with E-state index in [1.54, 1.807) is 21.3 Å². The van der Waals surface area contributed by atoms with E-state index in [-0.39, 0.29) is 11.0 Å². The van der Waals surface area contributed by atoms with Crippen LogP contribution in [0, 0.1) is 6.92 Å². The first-order chi connectivity index (χ1) is 14.0. The molecule has 1 aromatic carbocycles. The molecule has 2 aromatic rings. The number of methoxy groups -OCH3 is 3. The lowest BCUT2D eigenvalue weighted by atomic mass is 9.76. The summed E-state index contributed by atoms with van der Waals surface area (Å²) in [6.07, 6.45) is 3.90. The van der Waals surface area contributed by atoms with Crippen molar-refractivity contribution in [2.24, 2.45) is 0 Å². The smallest absolute Gasteiger partial charge is 0.254 e. The second kappa shape index (κ2) is 7.71. The molecule has 0 saturated carbocycles. The largest absolute Gasteiger partial charge is 0.493 e. The highest BCUT2D eigenvalue weighted by Gasteiger charge is 2.43. The molecule has 0 amide bonds. The zero-order valence-corrected chi connectivity index (χ0v) is 17.6. The molecule has 0 bridgehead atoms. The van der Waals surface area contributed by atoms with Gasteiger partial charge in [-0.25, -0.2) is 4.98 Å². The summed E-state index contributed by atoms with van der Waals surface area (Å²) in [5.41, 5.74) is 3.11. The van der Waals surface area contributed by atoms with E-state index in [9.17, 15) is 4.79 Å². The fraction of sp³-hybridized carbons (Fsp3) is 0.545. The molecule has 1 saturated heterocycles. The highest BCUT2D eigenvalue weighted by Crippen LogP contribution is 2.45. The molecule has 1 fully saturated rings. The van der Waals surface area contributed by atoms with Crippen LogP contribution in [0.15, 0.2) is 16.9 Å². The minimum absolute atomic E-state index is 0.0434. The quantitative estimate of drug-likeness (QED) is 0.833. The zero-order valence-electron chi connectivity index (χ0n) is 17.6. The maximum absolute atomic E-state index is 12.3. The number of aromatic amines is 1. The molecular formula is C22H29N3O4. The van der Waals surface area contributed by atoms with Crippen molar-refractivity contribution in [1.29, 1.82) is 0 Å². The van der Waals surface area contributed by atoms with E-state index in [1.165, 1.54) is 0 Å². The van der Waals surface area contributed by atoms with Crippen LogP contribution in [-0.2, 0) is 18.4 Å². The van der Waals surface area contributed by atoms with Gasteiger partial charge >= 0.3 is 0 Å². The molecule has 7 heteroatoms. The van der Waals surface area contributed by atoms with Gasteiger partial charge in [0.1, 0.15) is 5.82 Å². The van der Waals surface area contributed by atoms with E-state index < -0.39 is 0 Å². The van der Waals surface area contributed by atoms with Crippen molar-refractivity contribution in [3.05, 3.63) is 45.1 Å². The van der Waals surface area contributed by atoms with Crippen LogP contribution < -0.4 is 19.8 Å². The van der Waals surface area contributed by atoms with Crippen molar-refractivity contribution >= 4 is 0 Å². The molecule has 0 radical (unpaired) electrons. The summed E-state index contributed by atoms with van der Waals surface area (Å²) in [6.45, 7) is 4.58. The van der Waals surface area contributed by atoms with Gasteiger partial charge in [0.15, 0.2) is 11.5 Å². The number of fused-ring (bicyclic) bond motifs is 2. The Bertz CT molecular complexity index is 961. The van der Waals surface area contributed by atoms with Gasteiger partial charge < -0.3 is 19.2 Å². The van der Waals surface area contributed by atoms with Gasteiger partial charge in [0.25, 0.3) is 5.56 Å². The highest BCUT2D eigenvalue weighted by molar-refractivity contribution is 5.55. The summed E-state index contributed by atoms with van der Waals surface area (Å²) in [4.78, 5) is 22.3. The second-order valence-corrected chi connectivity index (χ2v) is 8.03. The number of aromatic nitrogens is 2. The van der Waals surface area contributed by atoms with Gasteiger partial charge in [-0.2, -0.15) is 0 Å². The monoisotopic (exact) mass is 399 g/mol. The topological polar surface area (TPSA) is 76.7 Å². The Kier molecular flexibility index (Phi) is 5.25. The van der Waals surface area contributed by atoms with Crippen LogP contribution in [0.3, 0.4) is 0 Å². The van der Waals surface area contributed by atoms with Crippen molar-refractivity contribution < 1.29 is 14.2 Å². The molecular weight excluding hydrogens is 370 g/mol. The first-order valence-electron chi connectivity index (χ1n) is 10.1. The molecule has 4 rings (SSSR count). The maximum Gasteiger partial charge on any atom is 0.254 e. The molecule has 2 aliphatic rings. The number of hydrogen-bond acceptors (Lipinski definition) is 6. The SMILES string of the molecule is COc1ccc(CN2CCC3(CCc4c3nc(C)[nH]c4=O)CC2)c(OC)c1OC. The molecule has 1 spiro atoms. The normalized spacial score (nSPS) is 17.9. The number of nitrogens with zero attached hydrogens (tertiary/aromatic N) is 2. The Labute approximate surface area is 171 Å². The van der Waals surface area contributed by atoms with Crippen molar-refractivity contribution in [3.8, 4) is 17.2 Å². The fourth-order valence-electron chi connectivity index (χ4n) is 4.92. The van der Waals surface area contributed by atoms with Gasteiger partial charge in [-0.1, -0.05) is 6.07 Å². The lowest BCUT2D eigenvalue weighted by Crippen LogP contribution is -2.42. The summed E-state index contributed by atoms with van der Waals surface area (Å²) in [5, 5.41) is 0. The van der Waals surface area contributed by atoms with E-state index in [1.807, 2.05) is 19.1 Å². The van der Waals surface area contributed by atoms with E-state index in [0.717, 1.165) is 67.9 Å². The summed E-state index contributed by atoms with van der Waals surface area (Å²) in [7, 11) is 4.91. The van der Waals surface area contributed by atoms with Crippen LogP contribution >= 0.6 is 0 Å². The first-order valence-corrected chi connectivity index (χ1v) is 10.1. The minimum atomic E-state index is 0.0434. The molecule has 1 aromatic heterocycles. The van der Waals surface area contributed by atoms with Crippen molar-refractivity contribution in [1.82, 2.24) is 14.9 Å². The van der Waals surface area contributed by atoms with Crippen LogP contribution in [0.2, 0.25) is 0 Å². The first kappa shape index (κ1) is 19.8. The average molecular weight is 399 g/mol. The molecule has 7 nitrogen and oxygen atoms in total. The van der Waals surface area contributed by atoms with E-state index in [4.69, 9.17) is 19.2 Å². The molecule has 0 atom stereocenters. The molecule has 156 valence electrons. The Morgan fingerprint density at radius 1 is 1.07 bits per heavy atom. The second-order valence-electron chi connectivity index (χ2n) is 8.03. The van der Waals surface area contributed by atoms with Gasteiger partial charge in [0, 0.05) is 23.1 Å². The average Bonchev–Trinajstić information content (AvgIpc) is 3.07. The Morgan fingerprint density at radius 2 is 1.79 bits per heavy atom. The molecule has 1 N–H and O–H groups in total. The van der Waals surface area contributed by atoms with Crippen LogP contribution in [-0.4, -0.2) is 49.3 Å². The summed E-state index contributed by atoms with van der Waals surface area (Å²) >= 11 is 0. The van der Waals surface area contributed by atoms with Crippen LogP contribution in [0.1, 0.15) is 41.9 Å². The zero-order chi connectivity index (χ0) is 20.6. The predicted molar refractivity (Wildman–Crippen MR) is 110 cm³/mol. The van der Waals surface area contributed by atoms with E-state index in [2.05, 4.69) is 9.88 Å². The lowest BCUT2D eigenvalue weighted by Gasteiger charge is -2.39. The number of H-pyrrole nitrogens is 1. The number of likely N-dealkylation sites (tertiary alicyclic amines) is 1. The molecule has 2 heterocycles. The Hall–Kier alpha value is -2.54. The Morgan fingerprint density at radius 3 is 2.45 bits per heavy atom. The molecule has 1 aliphatic carbocycles. The van der Waals surface area contributed by atoms with E-state index in [0.29, 0.717) is 17.3 Å². The molecule has 0 unspecified atom stereocenters. The van der Waals surface area contributed by atoms with Crippen molar-refractivity contribution in [2.75, 3.05) is 34.4 Å². The van der Waals surface area contributed by atoms with Gasteiger partial charge in [-0.15, -0.1) is 0 Å². The van der Waals surface area contributed by atoms with Gasteiger partial charge in [-0.05, 0) is 51.8 Å². The number of hydrogen-bond donors (Lipinski definition) is 1. The number of piperidine rings is 1. The third kappa shape index (κ3) is 3.37. The number of nitrogens with one attached hydrogen (secondary N) is 1. The van der Waals surface area contributed by atoms with Gasteiger partial charge in [0.05, 0.1) is 27.0 Å². The summed E-state index contributed by atoms with van der Waals surface area (Å²) in [6, 6.07) is 3.97. The van der Waals surface area contributed by atoms with Crippen LogP contribution in [0.25, 0.3) is 0 Å². The third-order valence-electron chi connectivity index (χ3n) is 6.48. The maximum atomic E-state index is 12.3.